The van der Waals surface area contributed by atoms with Crippen LogP contribution in [0.1, 0.15) is 11.1 Å². The second-order valence-corrected chi connectivity index (χ2v) is 7.76. The van der Waals surface area contributed by atoms with E-state index in [2.05, 4.69) is 4.99 Å². The minimum absolute atomic E-state index is 0.123. The predicted octanol–water partition coefficient (Wildman–Crippen LogP) is 6.35. The van der Waals surface area contributed by atoms with E-state index in [1.165, 1.54) is 24.3 Å². The first-order valence-corrected chi connectivity index (χ1v) is 10.5. The largest absolute Gasteiger partial charge is 0.457 e. The standard InChI is InChI=1S/C25H14N4O7/c30-27(31)16-8-11-20-21(12-16)25(22-13-17(28(32)33)14-23(24(20)22)29(34)35)26-15-6-9-19(10-7-15)36-18-4-2-1-3-5-18/h1-14H. The fourth-order valence-electron chi connectivity index (χ4n) is 4.00. The Kier molecular flexibility index (Phi) is 5.41. The maximum absolute atomic E-state index is 11.8. The highest BCUT2D eigenvalue weighted by Gasteiger charge is 2.36. The Labute approximate surface area is 202 Å². The molecule has 0 amide bonds. The van der Waals surface area contributed by atoms with Crippen LogP contribution in [0.4, 0.5) is 22.7 Å². The van der Waals surface area contributed by atoms with Crippen LogP contribution >= 0.6 is 0 Å². The number of ether oxygens (including phenoxy) is 1. The molecule has 4 aromatic rings. The molecule has 0 saturated heterocycles. The summed E-state index contributed by atoms with van der Waals surface area (Å²) in [6.45, 7) is 0. The predicted molar refractivity (Wildman–Crippen MR) is 130 cm³/mol. The van der Waals surface area contributed by atoms with E-state index in [1.54, 1.807) is 36.4 Å². The number of nitrogens with zero attached hydrogens (tertiary/aromatic N) is 4. The van der Waals surface area contributed by atoms with E-state index >= 15 is 0 Å². The summed E-state index contributed by atoms with van der Waals surface area (Å²) in [6.07, 6.45) is 0. The molecule has 0 N–H and O–H groups in total. The van der Waals surface area contributed by atoms with E-state index in [-0.39, 0.29) is 28.1 Å². The van der Waals surface area contributed by atoms with Gasteiger partial charge in [0.05, 0.1) is 37.8 Å². The third kappa shape index (κ3) is 4.01. The van der Waals surface area contributed by atoms with E-state index in [0.717, 1.165) is 6.07 Å². The summed E-state index contributed by atoms with van der Waals surface area (Å²) in [6, 6.07) is 21.7. The molecule has 4 aromatic carbocycles. The summed E-state index contributed by atoms with van der Waals surface area (Å²) in [5.74, 6) is 1.18. The Morgan fingerprint density at radius 1 is 0.611 bits per heavy atom. The molecule has 0 atom stereocenters. The van der Waals surface area contributed by atoms with Gasteiger partial charge in [0.1, 0.15) is 11.5 Å². The molecule has 11 heteroatoms. The molecule has 0 aliphatic heterocycles. The molecular weight excluding hydrogens is 468 g/mol. The SMILES string of the molecule is O=[N+]([O-])c1ccc2c(c1)C(=Nc1ccc(Oc3ccccc3)cc1)c1cc([N+](=O)[O-])cc([N+](=O)[O-])c1-2. The number of nitro groups is 3. The van der Waals surface area contributed by atoms with Gasteiger partial charge in [-0.3, -0.25) is 30.3 Å². The molecule has 5 rings (SSSR count). The van der Waals surface area contributed by atoms with Gasteiger partial charge in [-0.1, -0.05) is 18.2 Å². The van der Waals surface area contributed by atoms with Crippen molar-refractivity contribution in [1.82, 2.24) is 0 Å². The van der Waals surface area contributed by atoms with Crippen LogP contribution in [0, 0.1) is 30.3 Å². The average Bonchev–Trinajstić information content (AvgIpc) is 3.17. The van der Waals surface area contributed by atoms with Crippen molar-refractivity contribution in [3.8, 4) is 22.6 Å². The fraction of sp³-hybridized carbons (Fsp3) is 0. The first-order valence-electron chi connectivity index (χ1n) is 10.5. The maximum atomic E-state index is 11.8. The van der Waals surface area contributed by atoms with Gasteiger partial charge < -0.3 is 4.74 Å². The monoisotopic (exact) mass is 482 g/mol. The molecule has 0 spiro atoms. The van der Waals surface area contributed by atoms with Gasteiger partial charge >= 0.3 is 0 Å². The van der Waals surface area contributed by atoms with Crippen molar-refractivity contribution in [2.45, 2.75) is 0 Å². The van der Waals surface area contributed by atoms with E-state index < -0.39 is 26.1 Å². The summed E-state index contributed by atoms with van der Waals surface area (Å²) in [5, 5.41) is 34.7. The molecule has 0 saturated carbocycles. The highest BCUT2D eigenvalue weighted by Crippen LogP contribution is 2.46. The zero-order valence-electron chi connectivity index (χ0n) is 18.2. The van der Waals surface area contributed by atoms with Crippen molar-refractivity contribution in [2.75, 3.05) is 0 Å². The summed E-state index contributed by atoms with van der Waals surface area (Å²) in [5.41, 5.74) is 0.255. The van der Waals surface area contributed by atoms with Crippen molar-refractivity contribution >= 4 is 28.5 Å². The Hall–Kier alpha value is -5.45. The highest BCUT2D eigenvalue weighted by atomic mass is 16.6. The Morgan fingerprint density at radius 2 is 1.25 bits per heavy atom. The molecule has 36 heavy (non-hydrogen) atoms. The van der Waals surface area contributed by atoms with Crippen molar-refractivity contribution in [2.24, 2.45) is 4.99 Å². The number of nitro benzene ring substituents is 3. The topological polar surface area (TPSA) is 151 Å². The number of para-hydroxylation sites is 1. The first-order chi connectivity index (χ1) is 17.3. The lowest BCUT2D eigenvalue weighted by molar-refractivity contribution is -0.393. The number of hydrogen-bond donors (Lipinski definition) is 0. The number of fused-ring (bicyclic) bond motifs is 3. The summed E-state index contributed by atoms with van der Waals surface area (Å²) < 4.78 is 5.77. The molecule has 0 unspecified atom stereocenters. The number of hydrogen-bond acceptors (Lipinski definition) is 8. The zero-order chi connectivity index (χ0) is 25.4. The lowest BCUT2D eigenvalue weighted by atomic mass is 10.0. The Bertz CT molecular complexity index is 1580. The van der Waals surface area contributed by atoms with Crippen molar-refractivity contribution in [1.29, 1.82) is 0 Å². The molecule has 0 aromatic heterocycles. The second kappa shape index (κ2) is 8.72. The van der Waals surface area contributed by atoms with Crippen LogP contribution in [0.5, 0.6) is 11.5 Å². The van der Waals surface area contributed by atoms with E-state index in [9.17, 15) is 30.3 Å². The van der Waals surface area contributed by atoms with Crippen molar-refractivity contribution < 1.29 is 19.5 Å². The van der Waals surface area contributed by atoms with Gasteiger partial charge in [-0.25, -0.2) is 4.99 Å². The quantitative estimate of drug-likeness (QED) is 0.202. The van der Waals surface area contributed by atoms with Gasteiger partial charge in [0.25, 0.3) is 17.1 Å². The average molecular weight is 482 g/mol. The summed E-state index contributed by atoms with van der Waals surface area (Å²) in [7, 11) is 0. The van der Waals surface area contributed by atoms with E-state index in [0.29, 0.717) is 22.7 Å². The molecule has 0 heterocycles. The lowest BCUT2D eigenvalue weighted by Crippen LogP contribution is -2.01. The lowest BCUT2D eigenvalue weighted by Gasteiger charge is -2.06. The molecule has 11 nitrogen and oxygen atoms in total. The van der Waals surface area contributed by atoms with E-state index in [1.807, 2.05) is 18.2 Å². The molecule has 176 valence electrons. The van der Waals surface area contributed by atoms with Gasteiger partial charge in [0.2, 0.25) is 0 Å². The summed E-state index contributed by atoms with van der Waals surface area (Å²) >= 11 is 0. The molecule has 0 bridgehead atoms. The van der Waals surface area contributed by atoms with Gasteiger partial charge in [0.15, 0.2) is 0 Å². The minimum Gasteiger partial charge on any atom is -0.457 e. The number of rotatable bonds is 6. The molecule has 1 aliphatic rings. The third-order valence-electron chi connectivity index (χ3n) is 5.56. The summed E-state index contributed by atoms with van der Waals surface area (Å²) in [4.78, 5) is 37.2. The van der Waals surface area contributed by atoms with Crippen LogP contribution in [0.3, 0.4) is 0 Å². The van der Waals surface area contributed by atoms with Gasteiger partial charge in [-0.05, 0) is 48.0 Å². The molecule has 0 radical (unpaired) electrons. The van der Waals surface area contributed by atoms with Crippen LogP contribution in [0.15, 0.2) is 89.9 Å². The van der Waals surface area contributed by atoms with Gasteiger partial charge in [-0.15, -0.1) is 0 Å². The first kappa shape index (κ1) is 22.3. The fourth-order valence-corrected chi connectivity index (χ4v) is 4.00. The Morgan fingerprint density at radius 3 is 1.89 bits per heavy atom. The van der Waals surface area contributed by atoms with Crippen LogP contribution in [0.25, 0.3) is 11.1 Å². The number of benzene rings is 4. The number of non-ortho nitro benzene ring substituents is 2. The molecule has 1 aliphatic carbocycles. The minimum atomic E-state index is -0.730. The highest BCUT2D eigenvalue weighted by molar-refractivity contribution is 6.27. The second-order valence-electron chi connectivity index (χ2n) is 7.76. The maximum Gasteiger partial charge on any atom is 0.284 e. The van der Waals surface area contributed by atoms with Crippen LogP contribution in [0.2, 0.25) is 0 Å². The normalized spacial score (nSPS) is 12.6. The zero-order valence-corrected chi connectivity index (χ0v) is 18.2. The molecular formula is C25H14N4O7. The van der Waals surface area contributed by atoms with Crippen LogP contribution in [-0.2, 0) is 0 Å². The Balaban J connectivity index is 1.66. The smallest absolute Gasteiger partial charge is 0.284 e. The van der Waals surface area contributed by atoms with Crippen LogP contribution < -0.4 is 4.74 Å². The van der Waals surface area contributed by atoms with Crippen molar-refractivity contribution in [3.05, 3.63) is 126 Å². The molecule has 0 fully saturated rings. The van der Waals surface area contributed by atoms with Gasteiger partial charge in [-0.2, -0.15) is 0 Å². The van der Waals surface area contributed by atoms with Gasteiger partial charge in [0, 0.05) is 29.3 Å². The van der Waals surface area contributed by atoms with Crippen molar-refractivity contribution in [3.63, 3.8) is 0 Å². The van der Waals surface area contributed by atoms with Crippen LogP contribution in [-0.4, -0.2) is 20.5 Å². The van der Waals surface area contributed by atoms with E-state index in [4.69, 9.17) is 4.74 Å². The third-order valence-corrected chi connectivity index (χ3v) is 5.56. The number of aliphatic imine (C=N–C) groups is 1.